The summed E-state index contributed by atoms with van der Waals surface area (Å²) >= 11 is 0. The van der Waals surface area contributed by atoms with Gasteiger partial charge in [0.2, 0.25) is 0 Å². The first-order valence-corrected chi connectivity index (χ1v) is 9.78. The van der Waals surface area contributed by atoms with Gasteiger partial charge in [0.05, 0.1) is 6.61 Å². The van der Waals surface area contributed by atoms with Crippen LogP contribution in [0.25, 0.3) is 22.0 Å². The van der Waals surface area contributed by atoms with Crippen molar-refractivity contribution in [3.63, 3.8) is 0 Å². The van der Waals surface area contributed by atoms with Crippen molar-refractivity contribution in [3.05, 3.63) is 59.3 Å². The van der Waals surface area contributed by atoms with Crippen molar-refractivity contribution in [1.82, 2.24) is 4.57 Å². The Kier molecular flexibility index (Phi) is 5.61. The zero-order valence-corrected chi connectivity index (χ0v) is 17.4. The third kappa shape index (κ3) is 3.69. The van der Waals surface area contributed by atoms with Crippen molar-refractivity contribution in [2.45, 2.75) is 39.5 Å². The quantitative estimate of drug-likeness (QED) is 0.645. The number of carbonyl (C=O) groups is 1. The summed E-state index contributed by atoms with van der Waals surface area (Å²) in [7, 11) is 1.90. The Morgan fingerprint density at radius 3 is 2.36 bits per heavy atom. The SMILES string of the molecule is CCOC(=O)c1c(-c2ccc(C(C)(C)C)cc2)c2cc(CCO)ccc2n1C. The van der Waals surface area contributed by atoms with E-state index in [4.69, 9.17) is 4.74 Å². The molecule has 0 saturated heterocycles. The number of fused-ring (bicyclic) bond motifs is 1. The summed E-state index contributed by atoms with van der Waals surface area (Å²) in [4.78, 5) is 12.8. The Balaban J connectivity index is 2.26. The van der Waals surface area contributed by atoms with Crippen molar-refractivity contribution in [2.75, 3.05) is 13.2 Å². The van der Waals surface area contributed by atoms with Gasteiger partial charge in [-0.25, -0.2) is 4.79 Å². The molecule has 3 rings (SSSR count). The number of benzene rings is 2. The van der Waals surface area contributed by atoms with Crippen LogP contribution in [-0.4, -0.2) is 28.9 Å². The van der Waals surface area contributed by atoms with E-state index in [1.807, 2.05) is 30.7 Å². The molecule has 0 radical (unpaired) electrons. The highest BCUT2D eigenvalue weighted by Gasteiger charge is 2.24. The van der Waals surface area contributed by atoms with Gasteiger partial charge in [-0.1, -0.05) is 51.1 Å². The van der Waals surface area contributed by atoms with Crippen molar-refractivity contribution in [2.24, 2.45) is 7.05 Å². The molecule has 28 heavy (non-hydrogen) atoms. The predicted octanol–water partition coefficient (Wildman–Crippen LogP) is 4.85. The number of carbonyl (C=O) groups excluding carboxylic acids is 1. The molecular weight excluding hydrogens is 350 g/mol. The summed E-state index contributed by atoms with van der Waals surface area (Å²) in [5, 5.41) is 10.3. The molecule has 4 nitrogen and oxygen atoms in total. The summed E-state index contributed by atoms with van der Waals surface area (Å²) < 4.78 is 7.26. The molecule has 0 spiro atoms. The van der Waals surface area contributed by atoms with E-state index < -0.39 is 0 Å². The minimum absolute atomic E-state index is 0.0650. The van der Waals surface area contributed by atoms with E-state index in [1.54, 1.807) is 0 Å². The molecule has 4 heteroatoms. The number of rotatable bonds is 5. The van der Waals surface area contributed by atoms with Gasteiger partial charge in [-0.2, -0.15) is 0 Å². The number of hydrogen-bond acceptors (Lipinski definition) is 3. The predicted molar refractivity (Wildman–Crippen MR) is 114 cm³/mol. The Morgan fingerprint density at radius 1 is 1.11 bits per heavy atom. The average molecular weight is 380 g/mol. The minimum Gasteiger partial charge on any atom is -0.461 e. The number of aromatic nitrogens is 1. The number of nitrogens with zero attached hydrogens (tertiary/aromatic N) is 1. The molecule has 0 aliphatic rings. The van der Waals surface area contributed by atoms with Gasteiger partial charge in [0, 0.05) is 30.1 Å². The van der Waals surface area contributed by atoms with Crippen LogP contribution in [0.15, 0.2) is 42.5 Å². The van der Waals surface area contributed by atoms with Crippen LogP contribution in [-0.2, 0) is 23.6 Å². The lowest BCUT2D eigenvalue weighted by atomic mass is 9.86. The fraction of sp³-hybridized carbons (Fsp3) is 0.375. The zero-order chi connectivity index (χ0) is 20.5. The normalized spacial score (nSPS) is 11.8. The molecule has 0 atom stereocenters. The number of hydrogen-bond donors (Lipinski definition) is 1. The highest BCUT2D eigenvalue weighted by atomic mass is 16.5. The summed E-state index contributed by atoms with van der Waals surface area (Å²) in [5.74, 6) is -0.320. The van der Waals surface area contributed by atoms with Crippen LogP contribution >= 0.6 is 0 Å². The van der Waals surface area contributed by atoms with Crippen molar-refractivity contribution in [1.29, 1.82) is 0 Å². The molecule has 0 aliphatic carbocycles. The standard InChI is InChI=1S/C24H29NO3/c1-6-28-23(27)22-21(17-8-10-18(11-9-17)24(2,3)4)19-15-16(13-14-26)7-12-20(19)25(22)5/h7-12,15,26H,6,13-14H2,1-5H3. The largest absolute Gasteiger partial charge is 0.461 e. The summed E-state index contributed by atoms with van der Waals surface area (Å²) in [5.41, 5.74) is 5.76. The highest BCUT2D eigenvalue weighted by molar-refractivity contribution is 6.08. The molecule has 0 bridgehead atoms. The lowest BCUT2D eigenvalue weighted by Crippen LogP contribution is -2.12. The molecule has 1 heterocycles. The highest BCUT2D eigenvalue weighted by Crippen LogP contribution is 2.36. The van der Waals surface area contributed by atoms with Crippen molar-refractivity contribution < 1.29 is 14.6 Å². The Labute approximate surface area is 166 Å². The molecule has 1 N–H and O–H groups in total. The molecule has 2 aromatic carbocycles. The van der Waals surface area contributed by atoms with E-state index in [-0.39, 0.29) is 18.0 Å². The fourth-order valence-corrected chi connectivity index (χ4v) is 3.64. The maximum absolute atomic E-state index is 12.8. The van der Waals surface area contributed by atoms with Crippen LogP contribution in [0.5, 0.6) is 0 Å². The van der Waals surface area contributed by atoms with Crippen molar-refractivity contribution >= 4 is 16.9 Å². The molecule has 0 unspecified atom stereocenters. The first kappa shape index (κ1) is 20.2. The molecule has 0 fully saturated rings. The second-order valence-corrected chi connectivity index (χ2v) is 8.16. The average Bonchev–Trinajstić information content (AvgIpc) is 2.94. The monoisotopic (exact) mass is 379 g/mol. The van der Waals surface area contributed by atoms with Gasteiger partial charge in [0.15, 0.2) is 0 Å². The summed E-state index contributed by atoms with van der Waals surface area (Å²) in [6.45, 7) is 8.80. The number of esters is 1. The van der Waals surface area contributed by atoms with Crippen molar-refractivity contribution in [3.8, 4) is 11.1 Å². The number of ether oxygens (including phenoxy) is 1. The fourth-order valence-electron chi connectivity index (χ4n) is 3.64. The smallest absolute Gasteiger partial charge is 0.355 e. The van der Waals surface area contributed by atoms with Gasteiger partial charge < -0.3 is 14.4 Å². The Morgan fingerprint density at radius 2 is 1.79 bits per heavy atom. The lowest BCUT2D eigenvalue weighted by molar-refractivity contribution is 0.0517. The molecule has 1 aromatic heterocycles. The van der Waals surface area contributed by atoms with Crippen LogP contribution in [0.1, 0.15) is 49.3 Å². The third-order valence-electron chi connectivity index (χ3n) is 5.17. The van der Waals surface area contributed by atoms with Crippen LogP contribution in [0.3, 0.4) is 0 Å². The Hall–Kier alpha value is -2.59. The number of aliphatic hydroxyl groups excluding tert-OH is 1. The summed E-state index contributed by atoms with van der Waals surface area (Å²) in [6, 6.07) is 14.5. The van der Waals surface area contributed by atoms with Gasteiger partial charge in [-0.3, -0.25) is 0 Å². The number of aliphatic hydroxyl groups is 1. The molecule has 148 valence electrons. The van der Waals surface area contributed by atoms with Crippen LogP contribution in [0.2, 0.25) is 0 Å². The Bertz CT molecular complexity index is 991. The third-order valence-corrected chi connectivity index (χ3v) is 5.17. The molecule has 0 saturated carbocycles. The molecule has 0 amide bonds. The van der Waals surface area contributed by atoms with E-state index in [0.29, 0.717) is 18.7 Å². The first-order valence-electron chi connectivity index (χ1n) is 9.78. The van der Waals surface area contributed by atoms with Gasteiger partial charge in [-0.15, -0.1) is 0 Å². The van der Waals surface area contributed by atoms with E-state index in [2.05, 4.69) is 51.1 Å². The van der Waals surface area contributed by atoms with Crippen LogP contribution in [0, 0.1) is 0 Å². The zero-order valence-electron chi connectivity index (χ0n) is 17.4. The lowest BCUT2D eigenvalue weighted by Gasteiger charge is -2.19. The molecular formula is C24H29NO3. The van der Waals surface area contributed by atoms with E-state index in [0.717, 1.165) is 27.6 Å². The minimum atomic E-state index is -0.320. The molecule has 0 aliphatic heterocycles. The number of aryl methyl sites for hydroxylation is 1. The molecule has 3 aromatic rings. The van der Waals surface area contributed by atoms with E-state index in [1.165, 1.54) is 5.56 Å². The second-order valence-electron chi connectivity index (χ2n) is 8.16. The second kappa shape index (κ2) is 7.80. The topological polar surface area (TPSA) is 51.5 Å². The first-order chi connectivity index (χ1) is 13.3. The summed E-state index contributed by atoms with van der Waals surface area (Å²) in [6.07, 6.45) is 0.585. The van der Waals surface area contributed by atoms with E-state index >= 15 is 0 Å². The van der Waals surface area contributed by atoms with Crippen LogP contribution < -0.4 is 0 Å². The van der Waals surface area contributed by atoms with Crippen LogP contribution in [0.4, 0.5) is 0 Å². The maximum Gasteiger partial charge on any atom is 0.355 e. The van der Waals surface area contributed by atoms with Gasteiger partial charge in [0.25, 0.3) is 0 Å². The van der Waals surface area contributed by atoms with Gasteiger partial charge >= 0.3 is 5.97 Å². The van der Waals surface area contributed by atoms with E-state index in [9.17, 15) is 9.90 Å². The van der Waals surface area contributed by atoms with Gasteiger partial charge in [0.1, 0.15) is 5.69 Å². The maximum atomic E-state index is 12.8. The van der Waals surface area contributed by atoms with Gasteiger partial charge in [-0.05, 0) is 47.6 Å².